The van der Waals surface area contributed by atoms with Gasteiger partial charge in [-0.3, -0.25) is 4.79 Å². The summed E-state index contributed by atoms with van der Waals surface area (Å²) in [5, 5.41) is 0. The quantitative estimate of drug-likeness (QED) is 0.697. The van der Waals surface area contributed by atoms with Crippen LogP contribution < -0.4 is 14.4 Å². The van der Waals surface area contributed by atoms with E-state index in [0.717, 1.165) is 42.9 Å². The predicted molar refractivity (Wildman–Crippen MR) is 113 cm³/mol. The summed E-state index contributed by atoms with van der Waals surface area (Å²) >= 11 is 0. The van der Waals surface area contributed by atoms with Gasteiger partial charge in [0.1, 0.15) is 13.2 Å². The van der Waals surface area contributed by atoms with Crippen molar-refractivity contribution in [3.8, 4) is 11.5 Å². The van der Waals surface area contributed by atoms with Crippen molar-refractivity contribution in [2.24, 2.45) is 0 Å². The third-order valence-electron chi connectivity index (χ3n) is 5.24. The Balaban J connectivity index is 1.49. The molecule has 5 heteroatoms. The van der Waals surface area contributed by atoms with Crippen LogP contribution in [0.5, 0.6) is 11.5 Å². The fourth-order valence-electron chi connectivity index (χ4n) is 3.70. The number of hydrogen-bond acceptors (Lipinski definition) is 4. The van der Waals surface area contributed by atoms with Crippen LogP contribution in [0.1, 0.15) is 31.2 Å². The molecule has 2 aromatic rings. The molecule has 1 amide bonds. The smallest absolute Gasteiger partial charge is 0.227 e. The molecule has 29 heavy (non-hydrogen) atoms. The van der Waals surface area contributed by atoms with Crippen molar-refractivity contribution in [2.75, 3.05) is 31.3 Å². The second kappa shape index (κ2) is 9.61. The van der Waals surface area contributed by atoms with E-state index in [0.29, 0.717) is 31.9 Å². The van der Waals surface area contributed by atoms with E-state index in [2.05, 4.69) is 0 Å². The summed E-state index contributed by atoms with van der Waals surface area (Å²) in [6.45, 7) is 2.39. The molecule has 0 saturated carbocycles. The van der Waals surface area contributed by atoms with Crippen molar-refractivity contribution in [1.29, 1.82) is 0 Å². The summed E-state index contributed by atoms with van der Waals surface area (Å²) in [5.74, 6) is 1.51. The molecular formula is C24H27NO4. The number of anilines is 1. The molecule has 0 aliphatic carbocycles. The summed E-state index contributed by atoms with van der Waals surface area (Å²) in [6, 6.07) is 15.8. The minimum atomic E-state index is 0.0925. The number of ether oxygens (including phenoxy) is 3. The number of amides is 1. The van der Waals surface area contributed by atoms with Crippen LogP contribution in [-0.2, 0) is 9.53 Å². The summed E-state index contributed by atoms with van der Waals surface area (Å²) in [5.41, 5.74) is 1.94. The SMILES string of the molecule is O=C(CCC1CCCO1)N(C/C=C/c1ccccc1)c1ccc2c(c1)OCCO2. The third-order valence-corrected chi connectivity index (χ3v) is 5.24. The molecule has 0 N–H and O–H groups in total. The number of rotatable bonds is 7. The van der Waals surface area contributed by atoms with Gasteiger partial charge in [0.05, 0.1) is 6.10 Å². The van der Waals surface area contributed by atoms with Gasteiger partial charge in [0.25, 0.3) is 0 Å². The molecule has 5 nitrogen and oxygen atoms in total. The Morgan fingerprint density at radius 2 is 1.86 bits per heavy atom. The van der Waals surface area contributed by atoms with Gasteiger partial charge in [0, 0.05) is 31.3 Å². The molecule has 2 aliphatic heterocycles. The molecule has 1 unspecified atom stereocenters. The Morgan fingerprint density at radius 3 is 2.66 bits per heavy atom. The molecule has 1 atom stereocenters. The Labute approximate surface area is 171 Å². The predicted octanol–water partition coefficient (Wildman–Crippen LogP) is 4.46. The number of carbonyl (C=O) groups is 1. The average Bonchev–Trinajstić information content (AvgIpc) is 3.29. The second-order valence-corrected chi connectivity index (χ2v) is 7.32. The average molecular weight is 393 g/mol. The number of hydrogen-bond donors (Lipinski definition) is 0. The van der Waals surface area contributed by atoms with Gasteiger partial charge in [-0.05, 0) is 37.0 Å². The van der Waals surface area contributed by atoms with Gasteiger partial charge >= 0.3 is 0 Å². The molecule has 2 aliphatic rings. The normalized spacial score (nSPS) is 18.1. The Bertz CT molecular complexity index is 843. The number of carbonyl (C=O) groups excluding carboxylic acids is 1. The van der Waals surface area contributed by atoms with Crippen LogP contribution in [0.15, 0.2) is 54.6 Å². The third kappa shape index (κ3) is 5.18. The molecule has 0 radical (unpaired) electrons. The largest absolute Gasteiger partial charge is 0.486 e. The summed E-state index contributed by atoms with van der Waals surface area (Å²) < 4.78 is 17.0. The first-order valence-corrected chi connectivity index (χ1v) is 10.3. The van der Waals surface area contributed by atoms with Crippen molar-refractivity contribution in [3.05, 3.63) is 60.2 Å². The number of benzene rings is 2. The van der Waals surface area contributed by atoms with Crippen LogP contribution in [-0.4, -0.2) is 38.4 Å². The Hall–Kier alpha value is -2.79. The van der Waals surface area contributed by atoms with Crippen molar-refractivity contribution >= 4 is 17.7 Å². The summed E-state index contributed by atoms with van der Waals surface area (Å²) in [4.78, 5) is 14.9. The molecule has 2 heterocycles. The maximum Gasteiger partial charge on any atom is 0.227 e. The first-order chi connectivity index (χ1) is 14.3. The van der Waals surface area contributed by atoms with Crippen LogP contribution >= 0.6 is 0 Å². The van der Waals surface area contributed by atoms with Crippen LogP contribution in [0, 0.1) is 0 Å². The zero-order valence-corrected chi connectivity index (χ0v) is 16.6. The molecule has 152 valence electrons. The maximum absolute atomic E-state index is 13.1. The molecule has 2 aromatic carbocycles. The minimum Gasteiger partial charge on any atom is -0.486 e. The fraction of sp³-hybridized carbons (Fsp3) is 0.375. The van der Waals surface area contributed by atoms with Gasteiger partial charge in [0.2, 0.25) is 5.91 Å². The zero-order chi connectivity index (χ0) is 19.9. The molecule has 0 spiro atoms. The second-order valence-electron chi connectivity index (χ2n) is 7.32. The lowest BCUT2D eigenvalue weighted by Gasteiger charge is -2.25. The van der Waals surface area contributed by atoms with E-state index < -0.39 is 0 Å². The van der Waals surface area contributed by atoms with E-state index in [-0.39, 0.29) is 12.0 Å². The topological polar surface area (TPSA) is 48.0 Å². The molecule has 1 saturated heterocycles. The van der Waals surface area contributed by atoms with Crippen molar-refractivity contribution in [2.45, 2.75) is 31.8 Å². The molecule has 1 fully saturated rings. The van der Waals surface area contributed by atoms with Crippen LogP contribution in [0.4, 0.5) is 5.69 Å². The fourth-order valence-corrected chi connectivity index (χ4v) is 3.70. The standard InChI is InChI=1S/C24H27NO4/c26-24(13-11-21-9-5-15-27-21)25(14-4-8-19-6-2-1-3-7-19)20-10-12-22-23(18-20)29-17-16-28-22/h1-4,6-8,10,12,18,21H,5,9,11,13-17H2/b8-4+. The monoisotopic (exact) mass is 393 g/mol. The first-order valence-electron chi connectivity index (χ1n) is 10.3. The van der Waals surface area contributed by atoms with E-state index in [9.17, 15) is 4.79 Å². The molecule has 0 aromatic heterocycles. The highest BCUT2D eigenvalue weighted by atomic mass is 16.6. The number of fused-ring (bicyclic) bond motifs is 1. The van der Waals surface area contributed by atoms with E-state index in [1.165, 1.54) is 0 Å². The Morgan fingerprint density at radius 1 is 1.03 bits per heavy atom. The van der Waals surface area contributed by atoms with E-state index in [1.807, 2.05) is 65.6 Å². The van der Waals surface area contributed by atoms with Crippen LogP contribution in [0.3, 0.4) is 0 Å². The lowest BCUT2D eigenvalue weighted by Crippen LogP contribution is -2.31. The summed E-state index contributed by atoms with van der Waals surface area (Å²) in [6.07, 6.45) is 7.64. The van der Waals surface area contributed by atoms with Crippen molar-refractivity contribution < 1.29 is 19.0 Å². The maximum atomic E-state index is 13.1. The molecule has 4 rings (SSSR count). The van der Waals surface area contributed by atoms with Gasteiger partial charge in [-0.2, -0.15) is 0 Å². The van der Waals surface area contributed by atoms with Gasteiger partial charge in [-0.15, -0.1) is 0 Å². The molecular weight excluding hydrogens is 366 g/mol. The Kier molecular flexibility index (Phi) is 6.47. The lowest BCUT2D eigenvalue weighted by atomic mass is 10.1. The highest BCUT2D eigenvalue weighted by molar-refractivity contribution is 5.94. The molecule has 0 bridgehead atoms. The van der Waals surface area contributed by atoms with E-state index in [4.69, 9.17) is 14.2 Å². The highest BCUT2D eigenvalue weighted by Gasteiger charge is 2.21. The van der Waals surface area contributed by atoms with Gasteiger partial charge in [-0.1, -0.05) is 42.5 Å². The van der Waals surface area contributed by atoms with E-state index in [1.54, 1.807) is 0 Å². The zero-order valence-electron chi connectivity index (χ0n) is 16.6. The summed E-state index contributed by atoms with van der Waals surface area (Å²) in [7, 11) is 0. The van der Waals surface area contributed by atoms with Crippen LogP contribution in [0.2, 0.25) is 0 Å². The number of nitrogens with zero attached hydrogens (tertiary/aromatic N) is 1. The van der Waals surface area contributed by atoms with Gasteiger partial charge < -0.3 is 19.1 Å². The van der Waals surface area contributed by atoms with Crippen LogP contribution in [0.25, 0.3) is 6.08 Å². The highest BCUT2D eigenvalue weighted by Crippen LogP contribution is 2.34. The van der Waals surface area contributed by atoms with E-state index >= 15 is 0 Å². The van der Waals surface area contributed by atoms with Gasteiger partial charge in [0.15, 0.2) is 11.5 Å². The lowest BCUT2D eigenvalue weighted by molar-refractivity contribution is -0.119. The van der Waals surface area contributed by atoms with Crippen molar-refractivity contribution in [3.63, 3.8) is 0 Å². The first kappa shape index (κ1) is 19.5. The van der Waals surface area contributed by atoms with Gasteiger partial charge in [-0.25, -0.2) is 0 Å². The minimum absolute atomic E-state index is 0.0925. The van der Waals surface area contributed by atoms with Crippen molar-refractivity contribution in [1.82, 2.24) is 0 Å².